The van der Waals surface area contributed by atoms with Crippen molar-refractivity contribution in [1.82, 2.24) is 24.8 Å². The molecule has 10 nitrogen and oxygen atoms in total. The van der Waals surface area contributed by atoms with Crippen LogP contribution in [0.2, 0.25) is 0 Å². The number of carbonyl (C=O) groups is 1. The maximum absolute atomic E-state index is 13.5. The molecule has 0 atom stereocenters. The summed E-state index contributed by atoms with van der Waals surface area (Å²) in [5, 5.41) is 3.05. The first-order valence-corrected chi connectivity index (χ1v) is 10.9. The van der Waals surface area contributed by atoms with E-state index < -0.39 is 11.7 Å². The number of imidazole rings is 1. The average molecular weight is 470 g/mol. The van der Waals surface area contributed by atoms with Gasteiger partial charge in [0, 0.05) is 38.9 Å². The number of aromatic nitrogens is 4. The second-order valence-electron chi connectivity index (χ2n) is 8.55. The Labute approximate surface area is 196 Å². The number of hydrogen-bond donors (Lipinski definition) is 3. The molecule has 4 rings (SSSR count). The van der Waals surface area contributed by atoms with Gasteiger partial charge in [-0.15, -0.1) is 0 Å². The normalized spacial score (nSPS) is 20.2. The van der Waals surface area contributed by atoms with Gasteiger partial charge in [0.05, 0.1) is 35.7 Å². The number of carbonyl (C=O) groups excluding carboxylic acids is 1. The molecule has 1 aromatic carbocycles. The minimum atomic E-state index is -0.798. The van der Waals surface area contributed by atoms with E-state index in [1.165, 1.54) is 17.0 Å². The number of halogens is 1. The molecule has 1 amide bonds. The molecule has 11 heteroatoms. The quantitative estimate of drug-likeness (QED) is 0.480. The Morgan fingerprint density at radius 1 is 1.24 bits per heavy atom. The summed E-state index contributed by atoms with van der Waals surface area (Å²) < 4.78 is 25.4. The molecule has 0 unspecified atom stereocenters. The van der Waals surface area contributed by atoms with Crippen LogP contribution in [-0.4, -0.2) is 71.1 Å². The molecule has 2 aromatic heterocycles. The second kappa shape index (κ2) is 9.84. The van der Waals surface area contributed by atoms with Crippen molar-refractivity contribution in [2.75, 3.05) is 45.7 Å². The number of nitrogens with zero attached hydrogens (tertiary/aromatic N) is 4. The number of aromatic amines is 1. The van der Waals surface area contributed by atoms with Crippen LogP contribution in [-0.2, 0) is 14.3 Å². The van der Waals surface area contributed by atoms with Crippen molar-refractivity contribution in [2.24, 2.45) is 11.1 Å². The van der Waals surface area contributed by atoms with Crippen LogP contribution in [0.4, 0.5) is 10.3 Å². The van der Waals surface area contributed by atoms with Crippen LogP contribution in [0.3, 0.4) is 0 Å². The smallest absolute Gasteiger partial charge is 0.232 e. The minimum Gasteiger partial charge on any atom is -0.353 e. The van der Waals surface area contributed by atoms with Crippen molar-refractivity contribution in [2.45, 2.75) is 13.2 Å². The summed E-state index contributed by atoms with van der Waals surface area (Å²) in [5.74, 6) is 0.424. The highest BCUT2D eigenvalue weighted by Crippen LogP contribution is 2.36. The number of benzene rings is 1. The van der Waals surface area contributed by atoms with Crippen LogP contribution in [0.25, 0.3) is 22.6 Å². The third-order valence-electron chi connectivity index (χ3n) is 5.43. The van der Waals surface area contributed by atoms with Crippen molar-refractivity contribution in [3.05, 3.63) is 48.2 Å². The van der Waals surface area contributed by atoms with Gasteiger partial charge in [-0.2, -0.15) is 0 Å². The Bertz CT molecular complexity index is 1140. The SMILES string of the molecule is CN(C)C(=O)C1(C)COC(c2nc(-c3ccc(F)cc3)c(-c3ccnc(NCCN)n3)[nH]2)OC1. The van der Waals surface area contributed by atoms with Crippen LogP contribution in [0.1, 0.15) is 19.0 Å². The van der Waals surface area contributed by atoms with E-state index in [4.69, 9.17) is 20.2 Å². The molecule has 34 heavy (non-hydrogen) atoms. The Hall–Kier alpha value is -3.41. The molecule has 1 aliphatic rings. The molecule has 1 aliphatic heterocycles. The fourth-order valence-electron chi connectivity index (χ4n) is 3.70. The maximum Gasteiger partial charge on any atom is 0.232 e. The standard InChI is InChI=1S/C23H28FN7O3/c1-23(21(32)31(2)3)12-33-20(34-13-23)19-29-17(14-4-6-15(24)7-5-14)18(30-19)16-8-10-26-22(28-16)27-11-9-25/h4-8,10,20H,9,11-13,25H2,1-3H3,(H,29,30)(H,26,27,28). The lowest BCUT2D eigenvalue weighted by Crippen LogP contribution is -2.48. The summed E-state index contributed by atoms with van der Waals surface area (Å²) in [7, 11) is 3.40. The van der Waals surface area contributed by atoms with Crippen molar-refractivity contribution >= 4 is 11.9 Å². The largest absolute Gasteiger partial charge is 0.353 e. The molecule has 0 saturated carbocycles. The molecule has 0 radical (unpaired) electrons. The van der Waals surface area contributed by atoms with Gasteiger partial charge in [0.15, 0.2) is 5.82 Å². The number of anilines is 1. The van der Waals surface area contributed by atoms with Gasteiger partial charge in [0.1, 0.15) is 5.82 Å². The predicted molar refractivity (Wildman–Crippen MR) is 124 cm³/mol. The summed E-state index contributed by atoms with van der Waals surface area (Å²) in [4.78, 5) is 30.8. The third kappa shape index (κ3) is 4.91. The number of amides is 1. The zero-order chi connectivity index (χ0) is 24.3. The van der Waals surface area contributed by atoms with Gasteiger partial charge in [0.2, 0.25) is 18.1 Å². The first-order valence-electron chi connectivity index (χ1n) is 10.9. The third-order valence-corrected chi connectivity index (χ3v) is 5.43. The van der Waals surface area contributed by atoms with E-state index in [2.05, 4.69) is 20.3 Å². The van der Waals surface area contributed by atoms with E-state index in [1.807, 2.05) is 0 Å². The molecule has 3 heterocycles. The van der Waals surface area contributed by atoms with Gasteiger partial charge in [-0.05, 0) is 37.3 Å². The van der Waals surface area contributed by atoms with Crippen LogP contribution < -0.4 is 11.1 Å². The first-order chi connectivity index (χ1) is 16.3. The van der Waals surface area contributed by atoms with Crippen LogP contribution >= 0.6 is 0 Å². The highest BCUT2D eigenvalue weighted by molar-refractivity contribution is 5.82. The van der Waals surface area contributed by atoms with Gasteiger partial charge in [-0.1, -0.05) is 0 Å². The molecule has 0 spiro atoms. The van der Waals surface area contributed by atoms with Gasteiger partial charge >= 0.3 is 0 Å². The van der Waals surface area contributed by atoms with E-state index in [0.29, 0.717) is 47.5 Å². The summed E-state index contributed by atoms with van der Waals surface area (Å²) in [6.45, 7) is 3.12. The molecular weight excluding hydrogens is 441 g/mol. The lowest BCUT2D eigenvalue weighted by Gasteiger charge is -2.36. The summed E-state index contributed by atoms with van der Waals surface area (Å²) >= 11 is 0. The highest BCUT2D eigenvalue weighted by atomic mass is 19.1. The van der Waals surface area contributed by atoms with E-state index >= 15 is 0 Å². The fourth-order valence-corrected chi connectivity index (χ4v) is 3.70. The predicted octanol–water partition coefficient (Wildman–Crippen LogP) is 2.18. The lowest BCUT2D eigenvalue weighted by molar-refractivity contribution is -0.233. The molecular formula is C23H28FN7O3. The van der Waals surface area contributed by atoms with Gasteiger partial charge < -0.3 is 30.4 Å². The lowest BCUT2D eigenvalue weighted by atomic mass is 9.90. The van der Waals surface area contributed by atoms with Gasteiger partial charge in [0.25, 0.3) is 0 Å². The van der Waals surface area contributed by atoms with Crippen LogP contribution in [0, 0.1) is 11.2 Å². The fraction of sp³-hybridized carbons (Fsp3) is 0.391. The van der Waals surface area contributed by atoms with Crippen molar-refractivity contribution in [1.29, 1.82) is 0 Å². The molecule has 1 saturated heterocycles. The first kappa shape index (κ1) is 23.7. The Morgan fingerprint density at radius 2 is 1.94 bits per heavy atom. The summed E-state index contributed by atoms with van der Waals surface area (Å²) in [6.07, 6.45) is 0.829. The van der Waals surface area contributed by atoms with Crippen LogP contribution in [0.5, 0.6) is 0 Å². The molecule has 180 valence electrons. The average Bonchev–Trinajstić information content (AvgIpc) is 3.29. The highest BCUT2D eigenvalue weighted by Gasteiger charge is 2.41. The second-order valence-corrected chi connectivity index (χ2v) is 8.55. The Kier molecular flexibility index (Phi) is 6.87. The van der Waals surface area contributed by atoms with Gasteiger partial charge in [-0.25, -0.2) is 19.3 Å². The van der Waals surface area contributed by atoms with Crippen LogP contribution in [0.15, 0.2) is 36.5 Å². The Balaban J connectivity index is 1.67. The Morgan fingerprint density at radius 3 is 2.59 bits per heavy atom. The van der Waals surface area contributed by atoms with Crippen molar-refractivity contribution in [3.8, 4) is 22.6 Å². The number of rotatable bonds is 7. The number of nitrogens with one attached hydrogen (secondary N) is 2. The van der Waals surface area contributed by atoms with E-state index in [1.54, 1.807) is 45.4 Å². The topological polar surface area (TPSA) is 131 Å². The van der Waals surface area contributed by atoms with E-state index in [0.717, 1.165) is 0 Å². The van der Waals surface area contributed by atoms with Crippen molar-refractivity contribution < 1.29 is 18.7 Å². The summed E-state index contributed by atoms with van der Waals surface area (Å²) in [5.41, 5.74) is 7.21. The molecule has 1 fully saturated rings. The molecule has 0 bridgehead atoms. The van der Waals surface area contributed by atoms with E-state index in [9.17, 15) is 9.18 Å². The minimum absolute atomic E-state index is 0.0726. The molecule has 0 aliphatic carbocycles. The van der Waals surface area contributed by atoms with Crippen molar-refractivity contribution in [3.63, 3.8) is 0 Å². The maximum atomic E-state index is 13.5. The zero-order valence-corrected chi connectivity index (χ0v) is 19.3. The monoisotopic (exact) mass is 469 g/mol. The summed E-state index contributed by atoms with van der Waals surface area (Å²) in [6, 6.07) is 7.76. The van der Waals surface area contributed by atoms with Gasteiger partial charge in [-0.3, -0.25) is 4.79 Å². The van der Waals surface area contributed by atoms with E-state index in [-0.39, 0.29) is 24.9 Å². The number of ether oxygens (including phenoxy) is 2. The molecule has 3 aromatic rings. The number of H-pyrrole nitrogens is 1. The zero-order valence-electron chi connectivity index (χ0n) is 19.3. The molecule has 4 N–H and O–H groups in total. The number of nitrogens with two attached hydrogens (primary N) is 1. The number of hydrogen-bond acceptors (Lipinski definition) is 8.